The SMILES string of the molecule is COC(=O)c1ccnc(OC)c1NC(=O)OC(C)(C)C.[HH]. The Balaban J connectivity index is 0.00000400. The number of aromatic nitrogens is 1. The average Bonchev–Trinajstić information content (AvgIpc) is 2.35. The molecule has 0 saturated heterocycles. The maximum absolute atomic E-state index is 11.8. The minimum atomic E-state index is -0.714. The van der Waals surface area contributed by atoms with Crippen LogP contribution in [0.15, 0.2) is 12.3 Å². The summed E-state index contributed by atoms with van der Waals surface area (Å²) in [5.74, 6) is -0.518. The van der Waals surface area contributed by atoms with Crippen LogP contribution in [0.25, 0.3) is 0 Å². The van der Waals surface area contributed by atoms with Crippen molar-refractivity contribution in [2.75, 3.05) is 19.5 Å². The van der Waals surface area contributed by atoms with Crippen LogP contribution in [0.4, 0.5) is 10.5 Å². The first-order chi connectivity index (χ1) is 9.28. The number of ether oxygens (including phenoxy) is 3. The zero-order valence-corrected chi connectivity index (χ0v) is 12.1. The standard InChI is InChI=1S/C13H18N2O5.H2/c1-13(2,3)20-12(17)15-9-8(11(16)19-5)6-7-14-10(9)18-4;/h6-7H,1-5H3,(H,15,17);1H. The minimum Gasteiger partial charge on any atom is -0.479 e. The first-order valence-electron chi connectivity index (χ1n) is 5.90. The highest BCUT2D eigenvalue weighted by molar-refractivity contribution is 6.01. The number of hydrogen-bond acceptors (Lipinski definition) is 6. The maximum Gasteiger partial charge on any atom is 0.412 e. The van der Waals surface area contributed by atoms with Crippen LogP contribution in [0, 0.1) is 0 Å². The van der Waals surface area contributed by atoms with E-state index >= 15 is 0 Å². The second-order valence-corrected chi connectivity index (χ2v) is 4.86. The lowest BCUT2D eigenvalue weighted by Gasteiger charge is -2.20. The zero-order valence-electron chi connectivity index (χ0n) is 12.1. The van der Waals surface area contributed by atoms with Gasteiger partial charge in [0.05, 0.1) is 19.8 Å². The summed E-state index contributed by atoms with van der Waals surface area (Å²) in [6.45, 7) is 5.19. The van der Waals surface area contributed by atoms with E-state index in [1.807, 2.05) is 0 Å². The van der Waals surface area contributed by atoms with E-state index in [2.05, 4.69) is 15.0 Å². The molecule has 0 radical (unpaired) electrons. The molecule has 0 aliphatic rings. The molecular weight excluding hydrogens is 264 g/mol. The lowest BCUT2D eigenvalue weighted by Crippen LogP contribution is -2.28. The van der Waals surface area contributed by atoms with Crippen molar-refractivity contribution in [1.29, 1.82) is 0 Å². The van der Waals surface area contributed by atoms with E-state index in [9.17, 15) is 9.59 Å². The van der Waals surface area contributed by atoms with Crippen LogP contribution in [0.1, 0.15) is 32.6 Å². The number of rotatable bonds is 3. The molecule has 0 fully saturated rings. The summed E-state index contributed by atoms with van der Waals surface area (Å²) in [5, 5.41) is 2.45. The van der Waals surface area contributed by atoms with Gasteiger partial charge < -0.3 is 14.2 Å². The van der Waals surface area contributed by atoms with Gasteiger partial charge in [0.2, 0.25) is 5.88 Å². The smallest absolute Gasteiger partial charge is 0.412 e. The molecule has 1 amide bonds. The van der Waals surface area contributed by atoms with Crippen LogP contribution in [-0.4, -0.2) is 36.9 Å². The van der Waals surface area contributed by atoms with E-state index in [1.54, 1.807) is 20.8 Å². The summed E-state index contributed by atoms with van der Waals surface area (Å²) < 4.78 is 14.8. The topological polar surface area (TPSA) is 86.8 Å². The average molecular weight is 284 g/mol. The molecule has 0 saturated carbocycles. The Morgan fingerprint density at radius 3 is 2.45 bits per heavy atom. The summed E-state index contributed by atoms with van der Waals surface area (Å²) in [5.41, 5.74) is -0.424. The molecule has 0 aliphatic heterocycles. The van der Waals surface area contributed by atoms with Crippen LogP contribution < -0.4 is 10.1 Å². The summed E-state index contributed by atoms with van der Waals surface area (Å²) >= 11 is 0. The highest BCUT2D eigenvalue weighted by Crippen LogP contribution is 2.27. The number of anilines is 1. The number of pyridine rings is 1. The molecule has 0 aromatic carbocycles. The summed E-state index contributed by atoms with van der Waals surface area (Å²) in [6.07, 6.45) is 0.666. The molecule has 1 aromatic rings. The van der Waals surface area contributed by atoms with Crippen molar-refractivity contribution in [3.05, 3.63) is 17.8 Å². The fourth-order valence-corrected chi connectivity index (χ4v) is 1.40. The van der Waals surface area contributed by atoms with E-state index in [0.717, 1.165) is 0 Å². The van der Waals surface area contributed by atoms with Crippen molar-refractivity contribution in [2.24, 2.45) is 0 Å². The van der Waals surface area contributed by atoms with Crippen LogP contribution in [-0.2, 0) is 9.47 Å². The molecule has 20 heavy (non-hydrogen) atoms. The Morgan fingerprint density at radius 2 is 1.95 bits per heavy atom. The van der Waals surface area contributed by atoms with Gasteiger partial charge in [-0.15, -0.1) is 0 Å². The Bertz CT molecular complexity index is 514. The summed E-state index contributed by atoms with van der Waals surface area (Å²) in [6, 6.07) is 1.42. The molecule has 0 unspecified atom stereocenters. The van der Waals surface area contributed by atoms with Gasteiger partial charge in [-0.3, -0.25) is 5.32 Å². The summed E-state index contributed by atoms with van der Waals surface area (Å²) in [7, 11) is 2.62. The number of hydrogen-bond donors (Lipinski definition) is 1. The highest BCUT2D eigenvalue weighted by Gasteiger charge is 2.22. The third kappa shape index (κ3) is 4.11. The quantitative estimate of drug-likeness (QED) is 0.858. The molecule has 7 heteroatoms. The van der Waals surface area contributed by atoms with E-state index in [-0.39, 0.29) is 18.6 Å². The van der Waals surface area contributed by atoms with Gasteiger partial charge in [-0.05, 0) is 26.8 Å². The lowest BCUT2D eigenvalue weighted by atomic mass is 10.2. The van der Waals surface area contributed by atoms with Crippen molar-refractivity contribution >= 4 is 17.7 Å². The van der Waals surface area contributed by atoms with Gasteiger partial charge in [0.15, 0.2) is 0 Å². The molecule has 1 aromatic heterocycles. The van der Waals surface area contributed by atoms with Crippen LogP contribution in [0.3, 0.4) is 0 Å². The predicted octanol–water partition coefficient (Wildman–Crippen LogP) is 2.47. The second kappa shape index (κ2) is 6.23. The Labute approximate surface area is 118 Å². The van der Waals surface area contributed by atoms with E-state index in [1.165, 1.54) is 26.5 Å². The van der Waals surface area contributed by atoms with Gasteiger partial charge in [0, 0.05) is 7.62 Å². The number of methoxy groups -OCH3 is 2. The molecule has 1 rings (SSSR count). The number of carbonyl (C=O) groups excluding carboxylic acids is 2. The number of esters is 1. The van der Waals surface area contributed by atoms with E-state index < -0.39 is 17.7 Å². The molecule has 0 atom stereocenters. The van der Waals surface area contributed by atoms with Gasteiger partial charge in [-0.1, -0.05) is 0 Å². The van der Waals surface area contributed by atoms with Gasteiger partial charge in [-0.25, -0.2) is 14.6 Å². The normalized spacial score (nSPS) is 10.7. The third-order valence-electron chi connectivity index (χ3n) is 2.14. The minimum absolute atomic E-state index is 0. The van der Waals surface area contributed by atoms with Gasteiger partial charge >= 0.3 is 12.1 Å². The zero-order chi connectivity index (χ0) is 15.3. The first kappa shape index (κ1) is 15.7. The van der Waals surface area contributed by atoms with Crippen molar-refractivity contribution in [1.82, 2.24) is 4.98 Å². The summed E-state index contributed by atoms with van der Waals surface area (Å²) in [4.78, 5) is 27.4. The molecule has 112 valence electrons. The molecule has 1 N–H and O–H groups in total. The highest BCUT2D eigenvalue weighted by atomic mass is 16.6. The Morgan fingerprint density at radius 1 is 1.30 bits per heavy atom. The van der Waals surface area contributed by atoms with Crippen LogP contribution in [0.5, 0.6) is 5.88 Å². The molecule has 0 bridgehead atoms. The Hall–Kier alpha value is -2.31. The van der Waals surface area contributed by atoms with Crippen molar-refractivity contribution in [3.8, 4) is 5.88 Å². The fraction of sp³-hybridized carbons (Fsp3) is 0.462. The third-order valence-corrected chi connectivity index (χ3v) is 2.14. The van der Waals surface area contributed by atoms with E-state index in [0.29, 0.717) is 0 Å². The first-order valence-corrected chi connectivity index (χ1v) is 5.90. The molecular formula is C13H20N2O5. The van der Waals surface area contributed by atoms with Gasteiger partial charge in [-0.2, -0.15) is 0 Å². The number of nitrogens with one attached hydrogen (secondary N) is 1. The number of nitrogens with zero attached hydrogens (tertiary/aromatic N) is 1. The maximum atomic E-state index is 11.8. The van der Waals surface area contributed by atoms with Crippen LogP contribution in [0.2, 0.25) is 0 Å². The second-order valence-electron chi connectivity index (χ2n) is 4.86. The molecule has 0 aliphatic carbocycles. The fourth-order valence-electron chi connectivity index (χ4n) is 1.40. The van der Waals surface area contributed by atoms with Crippen molar-refractivity contribution in [3.63, 3.8) is 0 Å². The number of amides is 1. The van der Waals surface area contributed by atoms with Crippen molar-refractivity contribution in [2.45, 2.75) is 26.4 Å². The van der Waals surface area contributed by atoms with Gasteiger partial charge in [0.25, 0.3) is 0 Å². The Kier molecular flexibility index (Phi) is 4.90. The van der Waals surface area contributed by atoms with E-state index in [4.69, 9.17) is 9.47 Å². The van der Waals surface area contributed by atoms with Crippen molar-refractivity contribution < 1.29 is 25.2 Å². The lowest BCUT2D eigenvalue weighted by molar-refractivity contribution is 0.0601. The number of carbonyl (C=O) groups is 2. The predicted molar refractivity (Wildman–Crippen MR) is 74.1 cm³/mol. The van der Waals surface area contributed by atoms with Gasteiger partial charge in [0.1, 0.15) is 11.3 Å². The molecule has 0 spiro atoms. The van der Waals surface area contributed by atoms with Crippen LogP contribution >= 0.6 is 0 Å². The monoisotopic (exact) mass is 284 g/mol. The molecule has 7 nitrogen and oxygen atoms in total. The largest absolute Gasteiger partial charge is 0.479 e. The molecule has 1 heterocycles.